The van der Waals surface area contributed by atoms with Gasteiger partial charge in [-0.25, -0.2) is 0 Å². The van der Waals surface area contributed by atoms with Crippen molar-refractivity contribution in [3.05, 3.63) is 33.0 Å². The van der Waals surface area contributed by atoms with Crippen molar-refractivity contribution in [2.75, 3.05) is 11.1 Å². The van der Waals surface area contributed by atoms with Gasteiger partial charge in [0.25, 0.3) is 0 Å². The van der Waals surface area contributed by atoms with Crippen LogP contribution in [0.2, 0.25) is 0 Å². The zero-order valence-corrected chi connectivity index (χ0v) is 14.8. The molecule has 0 aliphatic heterocycles. The van der Waals surface area contributed by atoms with E-state index < -0.39 is 0 Å². The Hall–Kier alpha value is -0.860. The number of hydrogen-bond donors (Lipinski definition) is 1. The first kappa shape index (κ1) is 15.5. The minimum atomic E-state index is -0.0942. The van der Waals surface area contributed by atoms with Crippen molar-refractivity contribution in [3.8, 4) is 0 Å². The van der Waals surface area contributed by atoms with Gasteiger partial charge in [0.1, 0.15) is 6.33 Å². The number of nitrogens with one attached hydrogen (secondary N) is 1. The lowest BCUT2D eigenvalue weighted by Gasteiger charge is -2.10. The van der Waals surface area contributed by atoms with E-state index in [2.05, 4.69) is 47.4 Å². The van der Waals surface area contributed by atoms with Crippen LogP contribution < -0.4 is 5.32 Å². The lowest BCUT2D eigenvalue weighted by Crippen LogP contribution is -2.15. The Kier molecular flexibility index (Phi) is 5.22. The molecule has 0 saturated heterocycles. The molecule has 0 aliphatic rings. The molecule has 20 heavy (non-hydrogen) atoms. The van der Waals surface area contributed by atoms with E-state index in [4.69, 9.17) is 0 Å². The first-order valence-corrected chi connectivity index (χ1v) is 8.27. The molecule has 0 saturated carbocycles. The van der Waals surface area contributed by atoms with Gasteiger partial charge in [0.2, 0.25) is 5.91 Å². The second kappa shape index (κ2) is 6.73. The van der Waals surface area contributed by atoms with E-state index in [1.165, 1.54) is 11.8 Å². The second-order valence-corrected chi connectivity index (χ2v) is 6.82. The molecule has 1 aromatic heterocycles. The molecule has 1 heterocycles. The average Bonchev–Trinajstić information content (AvgIpc) is 2.77. The molecular formula is C12H12Br2N4OS. The fourth-order valence-corrected chi connectivity index (χ4v) is 3.83. The molecule has 2 aromatic rings. The smallest absolute Gasteiger partial charge is 0.234 e. The van der Waals surface area contributed by atoms with Gasteiger partial charge in [0, 0.05) is 16.0 Å². The number of aromatic nitrogens is 3. The number of hydrogen-bond acceptors (Lipinski definition) is 4. The van der Waals surface area contributed by atoms with Crippen molar-refractivity contribution >= 4 is 55.2 Å². The largest absolute Gasteiger partial charge is 0.323 e. The molecule has 1 aromatic carbocycles. The van der Waals surface area contributed by atoms with Gasteiger partial charge in [0.15, 0.2) is 5.16 Å². The van der Waals surface area contributed by atoms with Gasteiger partial charge < -0.3 is 9.88 Å². The summed E-state index contributed by atoms with van der Waals surface area (Å²) in [6, 6.07) is 3.91. The van der Waals surface area contributed by atoms with E-state index in [0.717, 1.165) is 20.2 Å². The maximum Gasteiger partial charge on any atom is 0.234 e. The Labute approximate surface area is 137 Å². The summed E-state index contributed by atoms with van der Waals surface area (Å²) in [5.74, 6) is 0.183. The van der Waals surface area contributed by atoms with Crippen LogP contribution in [0.15, 0.2) is 32.6 Å². The molecule has 0 radical (unpaired) electrons. The number of benzene rings is 1. The Bertz CT molecular complexity index is 621. The molecule has 8 heteroatoms. The van der Waals surface area contributed by atoms with Crippen LogP contribution in [0.1, 0.15) is 5.56 Å². The fraction of sp³-hybridized carbons (Fsp3) is 0.250. The van der Waals surface area contributed by atoms with Gasteiger partial charge in [-0.15, -0.1) is 10.2 Å². The maximum absolute atomic E-state index is 12.0. The second-order valence-electron chi connectivity index (χ2n) is 4.16. The van der Waals surface area contributed by atoms with Crippen molar-refractivity contribution < 1.29 is 4.79 Å². The van der Waals surface area contributed by atoms with Crippen molar-refractivity contribution in [2.24, 2.45) is 7.05 Å². The minimum absolute atomic E-state index is 0.0942. The molecule has 0 fully saturated rings. The van der Waals surface area contributed by atoms with Gasteiger partial charge in [-0.1, -0.05) is 11.8 Å². The topological polar surface area (TPSA) is 59.8 Å². The first-order chi connectivity index (χ1) is 9.47. The van der Waals surface area contributed by atoms with Gasteiger partial charge in [-0.3, -0.25) is 4.79 Å². The molecular weight excluding hydrogens is 408 g/mol. The van der Waals surface area contributed by atoms with Crippen molar-refractivity contribution in [1.82, 2.24) is 14.8 Å². The van der Waals surface area contributed by atoms with Crippen LogP contribution in [-0.2, 0) is 11.8 Å². The molecule has 1 amide bonds. The number of thioether (sulfide) groups is 1. The van der Waals surface area contributed by atoms with Gasteiger partial charge in [0.05, 0.1) is 11.4 Å². The minimum Gasteiger partial charge on any atom is -0.323 e. The number of nitrogens with zero attached hydrogens (tertiary/aromatic N) is 3. The van der Waals surface area contributed by atoms with Crippen molar-refractivity contribution in [2.45, 2.75) is 12.1 Å². The lowest BCUT2D eigenvalue weighted by molar-refractivity contribution is -0.113. The van der Waals surface area contributed by atoms with Crippen molar-refractivity contribution in [1.29, 1.82) is 0 Å². The first-order valence-electron chi connectivity index (χ1n) is 5.69. The monoisotopic (exact) mass is 418 g/mol. The number of aryl methyl sites for hydroxylation is 2. The number of anilines is 1. The molecule has 5 nitrogen and oxygen atoms in total. The van der Waals surface area contributed by atoms with E-state index in [-0.39, 0.29) is 11.7 Å². The molecule has 0 bridgehead atoms. The highest BCUT2D eigenvalue weighted by Gasteiger charge is 2.11. The molecule has 0 atom stereocenters. The number of carbonyl (C=O) groups is 1. The summed E-state index contributed by atoms with van der Waals surface area (Å²) in [5.41, 5.74) is 1.84. The standard InChI is InChI=1S/C12H12Br2N4OS/c1-7-3-8(13)11(9(14)4-7)16-10(19)5-20-12-17-15-6-18(12)2/h3-4,6H,5H2,1-2H3,(H,16,19). The molecule has 2 rings (SSSR count). The summed E-state index contributed by atoms with van der Waals surface area (Å²) in [6.07, 6.45) is 1.60. The van der Waals surface area contributed by atoms with E-state index >= 15 is 0 Å². The van der Waals surface area contributed by atoms with Crippen LogP contribution in [0.25, 0.3) is 0 Å². The van der Waals surface area contributed by atoms with Crippen LogP contribution >= 0.6 is 43.6 Å². The maximum atomic E-state index is 12.0. The van der Waals surface area contributed by atoms with E-state index in [1.54, 1.807) is 10.9 Å². The Morgan fingerprint density at radius 1 is 1.40 bits per heavy atom. The summed E-state index contributed by atoms with van der Waals surface area (Å²) in [6.45, 7) is 1.99. The van der Waals surface area contributed by atoms with E-state index in [1.807, 2.05) is 26.1 Å². The molecule has 0 spiro atoms. The Balaban J connectivity index is 2.00. The van der Waals surface area contributed by atoms with Gasteiger partial charge >= 0.3 is 0 Å². The highest BCUT2D eigenvalue weighted by molar-refractivity contribution is 9.11. The summed E-state index contributed by atoms with van der Waals surface area (Å²) >= 11 is 8.24. The number of carbonyl (C=O) groups excluding carboxylic acids is 1. The molecule has 1 N–H and O–H groups in total. The Morgan fingerprint density at radius 2 is 2.05 bits per heavy atom. The van der Waals surface area contributed by atoms with Crippen LogP contribution in [-0.4, -0.2) is 26.4 Å². The van der Waals surface area contributed by atoms with Crippen LogP contribution in [0, 0.1) is 6.92 Å². The molecule has 0 unspecified atom stereocenters. The van der Waals surface area contributed by atoms with Gasteiger partial charge in [-0.05, 0) is 56.5 Å². The summed E-state index contributed by atoms with van der Waals surface area (Å²) in [7, 11) is 1.84. The summed E-state index contributed by atoms with van der Waals surface area (Å²) in [4.78, 5) is 12.0. The highest BCUT2D eigenvalue weighted by Crippen LogP contribution is 2.32. The average molecular weight is 420 g/mol. The SMILES string of the molecule is Cc1cc(Br)c(NC(=O)CSc2nncn2C)c(Br)c1. The van der Waals surface area contributed by atoms with Crippen LogP contribution in [0.5, 0.6) is 0 Å². The lowest BCUT2D eigenvalue weighted by atomic mass is 10.2. The number of halogens is 2. The zero-order valence-electron chi connectivity index (χ0n) is 10.9. The predicted molar refractivity (Wildman–Crippen MR) is 86.9 cm³/mol. The number of amides is 1. The quantitative estimate of drug-likeness (QED) is 0.771. The van der Waals surface area contributed by atoms with Crippen LogP contribution in [0.3, 0.4) is 0 Å². The van der Waals surface area contributed by atoms with Gasteiger partial charge in [-0.2, -0.15) is 0 Å². The number of rotatable bonds is 4. The predicted octanol–water partition coefficient (Wildman–Crippen LogP) is 3.38. The zero-order chi connectivity index (χ0) is 14.7. The summed E-state index contributed by atoms with van der Waals surface area (Å²) in [5, 5.41) is 11.3. The third kappa shape index (κ3) is 3.83. The highest BCUT2D eigenvalue weighted by atomic mass is 79.9. The third-order valence-corrected chi connectivity index (χ3v) is 4.74. The molecule has 106 valence electrons. The van der Waals surface area contributed by atoms with Crippen LogP contribution in [0.4, 0.5) is 5.69 Å². The molecule has 0 aliphatic carbocycles. The summed E-state index contributed by atoms with van der Waals surface area (Å²) < 4.78 is 3.47. The third-order valence-electron chi connectivity index (χ3n) is 2.45. The van der Waals surface area contributed by atoms with E-state index in [9.17, 15) is 4.79 Å². The normalized spacial score (nSPS) is 10.6. The van der Waals surface area contributed by atoms with Crippen molar-refractivity contribution in [3.63, 3.8) is 0 Å². The van der Waals surface area contributed by atoms with E-state index in [0.29, 0.717) is 5.16 Å². The Morgan fingerprint density at radius 3 is 2.60 bits per heavy atom. The fourth-order valence-electron chi connectivity index (χ4n) is 1.53.